The van der Waals surface area contributed by atoms with E-state index in [2.05, 4.69) is 40.2 Å². The van der Waals surface area contributed by atoms with Crippen LogP contribution in [0.4, 0.5) is 0 Å². The molecule has 1 aliphatic heterocycles. The Bertz CT molecular complexity index is 636. The van der Waals surface area contributed by atoms with E-state index < -0.39 is 0 Å². The highest BCUT2D eigenvalue weighted by atomic mass is 79.9. The number of carbonyl (C=O) groups is 1. The summed E-state index contributed by atoms with van der Waals surface area (Å²) >= 11 is 3.46. The van der Waals surface area contributed by atoms with Crippen molar-refractivity contribution in [2.45, 2.75) is 37.1 Å². The zero-order chi connectivity index (χ0) is 16.1. The summed E-state index contributed by atoms with van der Waals surface area (Å²) in [7, 11) is 0. The molecule has 2 atom stereocenters. The second-order valence-corrected chi connectivity index (χ2v) is 6.67. The third-order valence-electron chi connectivity index (χ3n) is 4.46. The second kappa shape index (κ2) is 7.78. The molecule has 2 unspecified atom stereocenters. The summed E-state index contributed by atoms with van der Waals surface area (Å²) in [6.07, 6.45) is 3.69. The number of aryl methyl sites for hydroxylation is 1. The molecule has 1 fully saturated rings. The average molecular weight is 373 g/mol. The van der Waals surface area contributed by atoms with Crippen LogP contribution in [0.1, 0.15) is 42.1 Å². The minimum Gasteiger partial charge on any atom is -0.457 e. The SMILES string of the molecule is O=C1OC(c2ccccc2)CC1CCCc1ccc(CBr)cc1. The molecule has 23 heavy (non-hydrogen) atoms. The van der Waals surface area contributed by atoms with Gasteiger partial charge >= 0.3 is 5.97 Å². The predicted octanol–water partition coefficient (Wildman–Crippen LogP) is 5.21. The molecule has 0 radical (unpaired) electrons. The summed E-state index contributed by atoms with van der Waals surface area (Å²) in [6, 6.07) is 18.7. The summed E-state index contributed by atoms with van der Waals surface area (Å²) in [6.45, 7) is 0. The van der Waals surface area contributed by atoms with Crippen LogP contribution in [0, 0.1) is 5.92 Å². The van der Waals surface area contributed by atoms with Gasteiger partial charge in [-0.05, 0) is 36.0 Å². The van der Waals surface area contributed by atoms with E-state index in [0.717, 1.165) is 36.6 Å². The fourth-order valence-electron chi connectivity index (χ4n) is 3.09. The first-order valence-electron chi connectivity index (χ1n) is 8.15. The Morgan fingerprint density at radius 2 is 1.70 bits per heavy atom. The minimum absolute atomic E-state index is 0.0338. The molecule has 0 N–H and O–H groups in total. The average Bonchev–Trinajstić information content (AvgIpc) is 2.97. The van der Waals surface area contributed by atoms with Crippen molar-refractivity contribution in [2.75, 3.05) is 0 Å². The van der Waals surface area contributed by atoms with Gasteiger partial charge in [-0.2, -0.15) is 0 Å². The van der Waals surface area contributed by atoms with Crippen molar-refractivity contribution in [3.05, 3.63) is 71.3 Å². The van der Waals surface area contributed by atoms with Gasteiger partial charge in [-0.1, -0.05) is 70.5 Å². The van der Waals surface area contributed by atoms with Crippen molar-refractivity contribution in [1.82, 2.24) is 0 Å². The Kier molecular flexibility index (Phi) is 5.50. The van der Waals surface area contributed by atoms with Crippen molar-refractivity contribution in [2.24, 2.45) is 5.92 Å². The molecule has 1 saturated heterocycles. The van der Waals surface area contributed by atoms with Crippen LogP contribution in [0.2, 0.25) is 0 Å². The van der Waals surface area contributed by atoms with Crippen LogP contribution in [0.5, 0.6) is 0 Å². The van der Waals surface area contributed by atoms with Crippen LogP contribution in [0.15, 0.2) is 54.6 Å². The molecular formula is C20H21BrO2. The van der Waals surface area contributed by atoms with E-state index >= 15 is 0 Å². The minimum atomic E-state index is -0.0630. The molecular weight excluding hydrogens is 352 g/mol. The van der Waals surface area contributed by atoms with Gasteiger partial charge in [0.25, 0.3) is 0 Å². The highest BCUT2D eigenvalue weighted by Crippen LogP contribution is 2.35. The summed E-state index contributed by atoms with van der Waals surface area (Å²) in [5.41, 5.74) is 3.73. The summed E-state index contributed by atoms with van der Waals surface area (Å²) < 4.78 is 5.55. The van der Waals surface area contributed by atoms with Gasteiger partial charge < -0.3 is 4.74 Å². The summed E-state index contributed by atoms with van der Waals surface area (Å²) in [5, 5.41) is 0.891. The number of carbonyl (C=O) groups excluding carboxylic acids is 1. The Morgan fingerprint density at radius 3 is 2.39 bits per heavy atom. The number of hydrogen-bond donors (Lipinski definition) is 0. The van der Waals surface area contributed by atoms with Gasteiger partial charge in [0, 0.05) is 11.8 Å². The van der Waals surface area contributed by atoms with Crippen molar-refractivity contribution in [3.8, 4) is 0 Å². The fourth-order valence-corrected chi connectivity index (χ4v) is 3.47. The topological polar surface area (TPSA) is 26.3 Å². The molecule has 3 rings (SSSR count). The van der Waals surface area contributed by atoms with Crippen molar-refractivity contribution in [3.63, 3.8) is 0 Å². The van der Waals surface area contributed by atoms with Crippen LogP contribution < -0.4 is 0 Å². The smallest absolute Gasteiger partial charge is 0.309 e. The van der Waals surface area contributed by atoms with Gasteiger partial charge in [-0.15, -0.1) is 0 Å². The number of hydrogen-bond acceptors (Lipinski definition) is 2. The molecule has 3 heteroatoms. The lowest BCUT2D eigenvalue weighted by Gasteiger charge is -2.08. The molecule has 2 aromatic rings. The van der Waals surface area contributed by atoms with Crippen LogP contribution in [0.25, 0.3) is 0 Å². The summed E-state index contributed by atoms with van der Waals surface area (Å²) in [4.78, 5) is 12.1. The third kappa shape index (κ3) is 4.23. The van der Waals surface area contributed by atoms with Crippen molar-refractivity contribution in [1.29, 1.82) is 0 Å². The van der Waals surface area contributed by atoms with E-state index in [1.807, 2.05) is 30.3 Å². The number of benzene rings is 2. The van der Waals surface area contributed by atoms with E-state index in [4.69, 9.17) is 4.74 Å². The monoisotopic (exact) mass is 372 g/mol. The standard InChI is InChI=1S/C20H21BrO2/c21-14-16-11-9-15(10-12-16)5-4-8-18-13-19(23-20(18)22)17-6-2-1-3-7-17/h1-3,6-7,9-12,18-19H,4-5,8,13-14H2. The lowest BCUT2D eigenvalue weighted by Crippen LogP contribution is -2.07. The quantitative estimate of drug-likeness (QED) is 0.513. The van der Waals surface area contributed by atoms with Gasteiger partial charge in [0.05, 0.1) is 5.92 Å². The first-order valence-corrected chi connectivity index (χ1v) is 9.27. The molecule has 0 aromatic heterocycles. The van der Waals surface area contributed by atoms with Crippen molar-refractivity contribution >= 4 is 21.9 Å². The first kappa shape index (κ1) is 16.3. The lowest BCUT2D eigenvalue weighted by atomic mass is 9.94. The zero-order valence-electron chi connectivity index (χ0n) is 13.1. The van der Waals surface area contributed by atoms with Crippen LogP contribution >= 0.6 is 15.9 Å². The number of esters is 1. The largest absolute Gasteiger partial charge is 0.457 e. The molecule has 120 valence electrons. The predicted molar refractivity (Wildman–Crippen MR) is 95.4 cm³/mol. The van der Waals surface area contributed by atoms with E-state index in [0.29, 0.717) is 0 Å². The van der Waals surface area contributed by atoms with Crippen LogP contribution in [-0.4, -0.2) is 5.97 Å². The van der Waals surface area contributed by atoms with Gasteiger partial charge in [-0.3, -0.25) is 4.79 Å². The Morgan fingerprint density at radius 1 is 1.00 bits per heavy atom. The number of halogens is 1. The number of rotatable bonds is 6. The van der Waals surface area contributed by atoms with Crippen LogP contribution in [0.3, 0.4) is 0 Å². The molecule has 0 aliphatic carbocycles. The molecule has 0 spiro atoms. The maximum Gasteiger partial charge on any atom is 0.309 e. The normalized spacial score (nSPS) is 20.5. The van der Waals surface area contributed by atoms with E-state index in [9.17, 15) is 4.79 Å². The molecule has 0 amide bonds. The first-order chi connectivity index (χ1) is 11.3. The maximum atomic E-state index is 12.1. The van der Waals surface area contributed by atoms with E-state index in [1.54, 1.807) is 0 Å². The van der Waals surface area contributed by atoms with Gasteiger partial charge in [-0.25, -0.2) is 0 Å². The molecule has 2 nitrogen and oxygen atoms in total. The Labute approximate surface area is 146 Å². The molecule has 0 bridgehead atoms. The zero-order valence-corrected chi connectivity index (χ0v) is 14.7. The van der Waals surface area contributed by atoms with Crippen LogP contribution in [-0.2, 0) is 21.3 Å². The van der Waals surface area contributed by atoms with E-state index in [1.165, 1.54) is 11.1 Å². The Balaban J connectivity index is 1.49. The molecule has 0 saturated carbocycles. The third-order valence-corrected chi connectivity index (χ3v) is 5.10. The molecule has 1 heterocycles. The molecule has 2 aromatic carbocycles. The van der Waals surface area contributed by atoms with Gasteiger partial charge in [0.1, 0.15) is 6.10 Å². The van der Waals surface area contributed by atoms with E-state index in [-0.39, 0.29) is 18.0 Å². The maximum absolute atomic E-state index is 12.1. The lowest BCUT2D eigenvalue weighted by molar-refractivity contribution is -0.144. The highest BCUT2D eigenvalue weighted by molar-refractivity contribution is 9.08. The molecule has 1 aliphatic rings. The summed E-state index contributed by atoms with van der Waals surface area (Å²) in [5.74, 6) is 0.00973. The fraction of sp³-hybridized carbons (Fsp3) is 0.350. The van der Waals surface area contributed by atoms with Gasteiger partial charge in [0.2, 0.25) is 0 Å². The highest BCUT2D eigenvalue weighted by Gasteiger charge is 2.34. The van der Waals surface area contributed by atoms with Crippen molar-refractivity contribution < 1.29 is 9.53 Å². The number of alkyl halides is 1. The number of cyclic esters (lactones) is 1. The second-order valence-electron chi connectivity index (χ2n) is 6.11. The Hall–Kier alpha value is -1.61. The van der Waals surface area contributed by atoms with Gasteiger partial charge in [0.15, 0.2) is 0 Å². The number of ether oxygens (including phenoxy) is 1.